The standard InChI is InChI=1S/C27H35N3O2/c1-20-6-5-9-25(18-20)29-27(32)23-12-10-22(11-13-23)26(31)28-24-14-16-30(17-15-24)19-21-7-3-2-4-8-21/h5-6,9-13,18,21,24H,2-4,7-8,14-17,19H2,1H3,(H,28,31)(H,29,32). The fourth-order valence-electron chi connectivity index (χ4n) is 4.96. The van der Waals surface area contributed by atoms with Crippen LogP contribution in [0.25, 0.3) is 0 Å². The molecule has 170 valence electrons. The van der Waals surface area contributed by atoms with E-state index in [2.05, 4.69) is 15.5 Å². The number of amides is 2. The number of aryl methyl sites for hydroxylation is 1. The number of rotatable bonds is 6. The van der Waals surface area contributed by atoms with Crippen LogP contribution < -0.4 is 10.6 Å². The molecule has 2 aromatic rings. The van der Waals surface area contributed by atoms with E-state index in [1.807, 2.05) is 31.2 Å². The van der Waals surface area contributed by atoms with Crippen molar-refractivity contribution in [1.82, 2.24) is 10.2 Å². The fourth-order valence-corrected chi connectivity index (χ4v) is 4.96. The average Bonchev–Trinajstić information content (AvgIpc) is 2.81. The molecule has 2 aliphatic rings. The van der Waals surface area contributed by atoms with E-state index in [-0.39, 0.29) is 17.9 Å². The molecule has 0 spiro atoms. The van der Waals surface area contributed by atoms with Gasteiger partial charge in [-0.05, 0) is 80.5 Å². The first kappa shape index (κ1) is 22.5. The Balaban J connectivity index is 1.24. The summed E-state index contributed by atoms with van der Waals surface area (Å²) in [6, 6.07) is 14.8. The number of hydrogen-bond acceptors (Lipinski definition) is 3. The second-order valence-electron chi connectivity index (χ2n) is 9.45. The topological polar surface area (TPSA) is 61.4 Å². The molecule has 1 aliphatic heterocycles. The zero-order chi connectivity index (χ0) is 22.3. The summed E-state index contributed by atoms with van der Waals surface area (Å²) in [4.78, 5) is 27.8. The van der Waals surface area contributed by atoms with Crippen LogP contribution in [0, 0.1) is 12.8 Å². The largest absolute Gasteiger partial charge is 0.349 e. The predicted molar refractivity (Wildman–Crippen MR) is 129 cm³/mol. The predicted octanol–water partition coefficient (Wildman–Crippen LogP) is 5.02. The second-order valence-corrected chi connectivity index (χ2v) is 9.45. The number of nitrogens with zero attached hydrogens (tertiary/aromatic N) is 1. The van der Waals surface area contributed by atoms with E-state index in [9.17, 15) is 9.59 Å². The molecule has 32 heavy (non-hydrogen) atoms. The zero-order valence-electron chi connectivity index (χ0n) is 19.1. The van der Waals surface area contributed by atoms with Crippen LogP contribution in [-0.2, 0) is 0 Å². The summed E-state index contributed by atoms with van der Waals surface area (Å²) in [6.45, 7) is 5.36. The number of anilines is 1. The highest BCUT2D eigenvalue weighted by Crippen LogP contribution is 2.25. The molecule has 2 N–H and O–H groups in total. The van der Waals surface area contributed by atoms with Gasteiger partial charge in [0.15, 0.2) is 0 Å². The lowest BCUT2D eigenvalue weighted by molar-refractivity contribution is 0.0900. The Morgan fingerprint density at radius 2 is 1.53 bits per heavy atom. The number of piperidine rings is 1. The average molecular weight is 434 g/mol. The minimum Gasteiger partial charge on any atom is -0.349 e. The van der Waals surface area contributed by atoms with E-state index >= 15 is 0 Å². The van der Waals surface area contributed by atoms with Crippen LogP contribution in [0.5, 0.6) is 0 Å². The highest BCUT2D eigenvalue weighted by Gasteiger charge is 2.24. The van der Waals surface area contributed by atoms with Crippen molar-refractivity contribution in [3.8, 4) is 0 Å². The van der Waals surface area contributed by atoms with E-state index in [1.54, 1.807) is 24.3 Å². The lowest BCUT2D eigenvalue weighted by Crippen LogP contribution is -2.45. The van der Waals surface area contributed by atoms with Crippen molar-refractivity contribution in [2.45, 2.75) is 57.9 Å². The normalized spacial score (nSPS) is 18.3. The van der Waals surface area contributed by atoms with Crippen LogP contribution in [0.4, 0.5) is 5.69 Å². The number of likely N-dealkylation sites (tertiary alicyclic amines) is 1. The maximum Gasteiger partial charge on any atom is 0.255 e. The monoisotopic (exact) mass is 433 g/mol. The van der Waals surface area contributed by atoms with Gasteiger partial charge >= 0.3 is 0 Å². The maximum atomic E-state index is 12.7. The van der Waals surface area contributed by atoms with Gasteiger partial charge in [0.2, 0.25) is 0 Å². The smallest absolute Gasteiger partial charge is 0.255 e. The van der Waals surface area contributed by atoms with Crippen molar-refractivity contribution in [2.24, 2.45) is 5.92 Å². The van der Waals surface area contributed by atoms with Crippen molar-refractivity contribution >= 4 is 17.5 Å². The number of carbonyl (C=O) groups excluding carboxylic acids is 2. The molecule has 1 saturated carbocycles. The van der Waals surface area contributed by atoms with Gasteiger partial charge in [0, 0.05) is 42.5 Å². The summed E-state index contributed by atoms with van der Waals surface area (Å²) >= 11 is 0. The van der Waals surface area contributed by atoms with Crippen molar-refractivity contribution in [3.63, 3.8) is 0 Å². The Hall–Kier alpha value is -2.66. The van der Waals surface area contributed by atoms with E-state index in [0.717, 1.165) is 43.1 Å². The SMILES string of the molecule is Cc1cccc(NC(=O)c2ccc(C(=O)NC3CCN(CC4CCCCC4)CC3)cc2)c1. The lowest BCUT2D eigenvalue weighted by Gasteiger charge is -2.35. The molecule has 4 rings (SSSR count). The molecule has 1 saturated heterocycles. The molecular weight excluding hydrogens is 398 g/mol. The molecule has 1 aliphatic carbocycles. The van der Waals surface area contributed by atoms with Gasteiger partial charge in [-0.2, -0.15) is 0 Å². The molecule has 0 atom stereocenters. The van der Waals surface area contributed by atoms with Gasteiger partial charge in [0.25, 0.3) is 11.8 Å². The molecular formula is C27H35N3O2. The van der Waals surface area contributed by atoms with E-state index in [4.69, 9.17) is 0 Å². The lowest BCUT2D eigenvalue weighted by atomic mass is 9.88. The van der Waals surface area contributed by atoms with Crippen molar-refractivity contribution in [1.29, 1.82) is 0 Å². The zero-order valence-corrected chi connectivity index (χ0v) is 19.1. The fraction of sp³-hybridized carbons (Fsp3) is 0.481. The summed E-state index contributed by atoms with van der Waals surface area (Å²) in [7, 11) is 0. The molecule has 0 aromatic heterocycles. The number of hydrogen-bond donors (Lipinski definition) is 2. The van der Waals surface area contributed by atoms with Gasteiger partial charge in [-0.25, -0.2) is 0 Å². The van der Waals surface area contributed by atoms with Crippen LogP contribution in [0.15, 0.2) is 48.5 Å². The van der Waals surface area contributed by atoms with Gasteiger partial charge < -0.3 is 15.5 Å². The summed E-state index contributed by atoms with van der Waals surface area (Å²) < 4.78 is 0. The van der Waals surface area contributed by atoms with Crippen molar-refractivity contribution < 1.29 is 9.59 Å². The van der Waals surface area contributed by atoms with Gasteiger partial charge in [0.05, 0.1) is 0 Å². The van der Waals surface area contributed by atoms with Gasteiger partial charge in [0.1, 0.15) is 0 Å². The van der Waals surface area contributed by atoms with Crippen LogP contribution in [-0.4, -0.2) is 42.4 Å². The first-order valence-electron chi connectivity index (χ1n) is 12.1. The molecule has 1 heterocycles. The molecule has 0 unspecified atom stereocenters. The Bertz CT molecular complexity index is 911. The molecule has 0 bridgehead atoms. The molecule has 2 aromatic carbocycles. The van der Waals surface area contributed by atoms with Gasteiger partial charge in [-0.1, -0.05) is 31.4 Å². The third kappa shape index (κ3) is 6.19. The summed E-state index contributed by atoms with van der Waals surface area (Å²) in [5.41, 5.74) is 3.00. The second kappa shape index (κ2) is 10.8. The Morgan fingerprint density at radius 3 is 2.19 bits per heavy atom. The minimum atomic E-state index is -0.173. The minimum absolute atomic E-state index is 0.0543. The third-order valence-corrected chi connectivity index (χ3v) is 6.85. The van der Waals surface area contributed by atoms with Crippen LogP contribution in [0.3, 0.4) is 0 Å². The summed E-state index contributed by atoms with van der Waals surface area (Å²) in [5, 5.41) is 6.09. The third-order valence-electron chi connectivity index (χ3n) is 6.85. The summed E-state index contributed by atoms with van der Waals surface area (Å²) in [5.74, 6) is 0.644. The quantitative estimate of drug-likeness (QED) is 0.672. The molecule has 5 heteroatoms. The summed E-state index contributed by atoms with van der Waals surface area (Å²) in [6.07, 6.45) is 8.98. The number of nitrogens with one attached hydrogen (secondary N) is 2. The highest BCUT2D eigenvalue weighted by atomic mass is 16.2. The highest BCUT2D eigenvalue weighted by molar-refractivity contribution is 6.05. The van der Waals surface area contributed by atoms with Crippen molar-refractivity contribution in [2.75, 3.05) is 25.0 Å². The van der Waals surface area contributed by atoms with Gasteiger partial charge in [-0.3, -0.25) is 9.59 Å². The molecule has 0 radical (unpaired) electrons. The molecule has 2 amide bonds. The first-order valence-corrected chi connectivity index (χ1v) is 12.1. The Kier molecular flexibility index (Phi) is 7.59. The van der Waals surface area contributed by atoms with Crippen LogP contribution in [0.2, 0.25) is 0 Å². The van der Waals surface area contributed by atoms with Crippen LogP contribution in [0.1, 0.15) is 71.2 Å². The first-order chi connectivity index (χ1) is 15.6. The number of carbonyl (C=O) groups is 2. The van der Waals surface area contributed by atoms with E-state index in [1.165, 1.54) is 38.6 Å². The Labute approximate surface area is 191 Å². The molecule has 2 fully saturated rings. The van der Waals surface area contributed by atoms with E-state index in [0.29, 0.717) is 11.1 Å². The van der Waals surface area contributed by atoms with Crippen LogP contribution >= 0.6 is 0 Å². The maximum absolute atomic E-state index is 12.7. The Morgan fingerprint density at radius 1 is 0.875 bits per heavy atom. The van der Waals surface area contributed by atoms with E-state index < -0.39 is 0 Å². The molecule has 5 nitrogen and oxygen atoms in total. The van der Waals surface area contributed by atoms with Gasteiger partial charge in [-0.15, -0.1) is 0 Å². The van der Waals surface area contributed by atoms with Crippen molar-refractivity contribution in [3.05, 3.63) is 65.2 Å². The number of benzene rings is 2.